The number of carbonyl (C=O) groups excluding carboxylic acids is 3. The smallest absolute Gasteiger partial charge is 0.310 e. The molecular formula is C16H13N3O4. The van der Waals surface area contributed by atoms with Gasteiger partial charge in [0, 0.05) is 29.6 Å². The number of hydrogen-bond acceptors (Lipinski definition) is 5. The molecule has 1 heterocycles. The Balaban J connectivity index is 1.93. The van der Waals surface area contributed by atoms with Crippen molar-refractivity contribution in [2.75, 3.05) is 0 Å². The molecule has 2 aromatic rings. The van der Waals surface area contributed by atoms with Crippen molar-refractivity contribution in [3.05, 3.63) is 72.1 Å². The zero-order chi connectivity index (χ0) is 16.7. The van der Waals surface area contributed by atoms with Crippen LogP contribution in [-0.2, 0) is 9.59 Å². The Morgan fingerprint density at radius 3 is 2.22 bits per heavy atom. The first-order valence-corrected chi connectivity index (χ1v) is 6.58. The minimum atomic E-state index is -1.07. The third kappa shape index (κ3) is 4.50. The van der Waals surface area contributed by atoms with Crippen LogP contribution in [-0.4, -0.2) is 27.7 Å². The molecule has 7 heteroatoms. The normalized spacial score (nSPS) is 10.7. The van der Waals surface area contributed by atoms with E-state index in [1.54, 1.807) is 30.3 Å². The van der Waals surface area contributed by atoms with Crippen LogP contribution in [0.4, 0.5) is 0 Å². The summed E-state index contributed by atoms with van der Waals surface area (Å²) in [5.74, 6) is -3.01. The van der Waals surface area contributed by atoms with E-state index in [-0.39, 0.29) is 11.3 Å². The molecule has 0 unspecified atom stereocenters. The quantitative estimate of drug-likeness (QED) is 0.338. The first-order valence-electron chi connectivity index (χ1n) is 6.58. The van der Waals surface area contributed by atoms with Crippen LogP contribution in [0.5, 0.6) is 0 Å². The lowest BCUT2D eigenvalue weighted by Crippen LogP contribution is -2.44. The molecule has 2 amide bonds. The van der Waals surface area contributed by atoms with Gasteiger partial charge in [0.25, 0.3) is 5.91 Å². The van der Waals surface area contributed by atoms with Crippen LogP contribution in [0.25, 0.3) is 5.76 Å². The van der Waals surface area contributed by atoms with Gasteiger partial charge in [-0.2, -0.15) is 0 Å². The van der Waals surface area contributed by atoms with E-state index in [2.05, 4.69) is 10.4 Å². The molecular weight excluding hydrogens is 298 g/mol. The fourth-order valence-corrected chi connectivity index (χ4v) is 1.63. The number of nitrogens with one attached hydrogen (secondary N) is 2. The van der Waals surface area contributed by atoms with Crippen molar-refractivity contribution < 1.29 is 19.5 Å². The highest BCUT2D eigenvalue weighted by atomic mass is 16.3. The van der Waals surface area contributed by atoms with E-state index in [1.165, 1.54) is 24.5 Å². The number of carbonyl (C=O) groups is 3. The van der Waals surface area contributed by atoms with E-state index in [4.69, 9.17) is 0 Å². The molecule has 0 aliphatic heterocycles. The van der Waals surface area contributed by atoms with E-state index < -0.39 is 17.6 Å². The van der Waals surface area contributed by atoms with E-state index >= 15 is 0 Å². The maximum Gasteiger partial charge on any atom is 0.310 e. The zero-order valence-corrected chi connectivity index (χ0v) is 11.9. The first-order chi connectivity index (χ1) is 11.1. The fourth-order valence-electron chi connectivity index (χ4n) is 1.63. The van der Waals surface area contributed by atoms with Gasteiger partial charge in [-0.15, -0.1) is 0 Å². The molecule has 0 fully saturated rings. The lowest BCUT2D eigenvalue weighted by Gasteiger charge is -2.05. The molecule has 0 aliphatic carbocycles. The number of pyridine rings is 1. The number of hydrogen-bond donors (Lipinski definition) is 3. The van der Waals surface area contributed by atoms with Gasteiger partial charge in [0.05, 0.1) is 0 Å². The number of rotatable bonds is 4. The lowest BCUT2D eigenvalue weighted by molar-refractivity contribution is -0.135. The third-order valence-electron chi connectivity index (χ3n) is 2.79. The molecule has 1 aromatic heterocycles. The average molecular weight is 311 g/mol. The Morgan fingerprint density at radius 1 is 0.913 bits per heavy atom. The number of nitrogens with zero attached hydrogens (tertiary/aromatic N) is 1. The van der Waals surface area contributed by atoms with E-state index in [1.807, 2.05) is 5.43 Å². The summed E-state index contributed by atoms with van der Waals surface area (Å²) in [4.78, 5) is 38.7. The molecule has 0 atom stereocenters. The van der Waals surface area contributed by atoms with Gasteiger partial charge in [0.15, 0.2) is 0 Å². The lowest BCUT2D eigenvalue weighted by atomic mass is 10.1. The van der Waals surface area contributed by atoms with Crippen molar-refractivity contribution in [2.45, 2.75) is 0 Å². The Bertz CT molecular complexity index is 742. The van der Waals surface area contributed by atoms with Gasteiger partial charge in [0.1, 0.15) is 5.76 Å². The van der Waals surface area contributed by atoms with E-state index in [0.717, 1.165) is 6.08 Å². The first kappa shape index (κ1) is 15.9. The second kappa shape index (κ2) is 7.51. The summed E-state index contributed by atoms with van der Waals surface area (Å²) < 4.78 is 0. The Hall–Kier alpha value is -3.48. The van der Waals surface area contributed by atoms with Crippen LogP contribution in [0.3, 0.4) is 0 Å². The van der Waals surface area contributed by atoms with Crippen molar-refractivity contribution in [3.8, 4) is 0 Å². The summed E-state index contributed by atoms with van der Waals surface area (Å²) in [7, 11) is 0. The topological polar surface area (TPSA) is 108 Å². The van der Waals surface area contributed by atoms with Crippen LogP contribution >= 0.6 is 0 Å². The molecule has 0 saturated carbocycles. The zero-order valence-electron chi connectivity index (χ0n) is 11.9. The van der Waals surface area contributed by atoms with Gasteiger partial charge in [-0.05, 0) is 12.1 Å². The van der Waals surface area contributed by atoms with E-state index in [9.17, 15) is 19.5 Å². The standard InChI is InChI=1S/C16H13N3O4/c20-13(11-4-2-1-3-5-11)10-14(21)16(23)19-18-15(22)12-6-8-17-9-7-12/h1-10,20H,(H,18,22)(H,19,23)/b13-10-. The van der Waals surface area contributed by atoms with Crippen LogP contribution in [0.15, 0.2) is 60.9 Å². The number of ketones is 1. The second-order valence-electron chi connectivity index (χ2n) is 4.40. The van der Waals surface area contributed by atoms with Crippen LogP contribution < -0.4 is 10.9 Å². The molecule has 7 nitrogen and oxygen atoms in total. The second-order valence-corrected chi connectivity index (χ2v) is 4.40. The monoisotopic (exact) mass is 311 g/mol. The van der Waals surface area contributed by atoms with Gasteiger partial charge in [-0.1, -0.05) is 30.3 Å². The summed E-state index contributed by atoms with van der Waals surface area (Å²) in [6.45, 7) is 0. The Labute approximate surface area is 131 Å². The molecule has 23 heavy (non-hydrogen) atoms. The molecule has 116 valence electrons. The minimum absolute atomic E-state index is 0.274. The summed E-state index contributed by atoms with van der Waals surface area (Å²) in [6, 6.07) is 11.2. The van der Waals surface area contributed by atoms with E-state index in [0.29, 0.717) is 5.56 Å². The highest BCUT2D eigenvalue weighted by Crippen LogP contribution is 2.09. The summed E-state index contributed by atoms with van der Waals surface area (Å²) in [5.41, 5.74) is 4.74. The van der Waals surface area contributed by atoms with Gasteiger partial charge in [-0.3, -0.25) is 30.2 Å². The Morgan fingerprint density at radius 2 is 1.57 bits per heavy atom. The van der Waals surface area contributed by atoms with Gasteiger partial charge in [0.2, 0.25) is 5.78 Å². The third-order valence-corrected chi connectivity index (χ3v) is 2.79. The maximum atomic E-state index is 11.7. The fraction of sp³-hybridized carbons (Fsp3) is 0. The van der Waals surface area contributed by atoms with Gasteiger partial charge < -0.3 is 5.11 Å². The number of benzene rings is 1. The maximum absolute atomic E-state index is 11.7. The molecule has 0 aliphatic rings. The molecule has 0 spiro atoms. The predicted octanol–water partition coefficient (Wildman–Crippen LogP) is 1.01. The number of aromatic nitrogens is 1. The number of aliphatic hydroxyl groups excluding tert-OH is 1. The summed E-state index contributed by atoms with van der Waals surface area (Å²) in [6.07, 6.45) is 3.62. The summed E-state index contributed by atoms with van der Waals surface area (Å²) >= 11 is 0. The van der Waals surface area contributed by atoms with Gasteiger partial charge >= 0.3 is 5.91 Å². The van der Waals surface area contributed by atoms with Gasteiger partial charge in [-0.25, -0.2) is 0 Å². The van der Waals surface area contributed by atoms with Crippen molar-refractivity contribution in [1.82, 2.24) is 15.8 Å². The molecule has 2 rings (SSSR count). The van der Waals surface area contributed by atoms with Crippen LogP contribution in [0.2, 0.25) is 0 Å². The van der Waals surface area contributed by atoms with Crippen LogP contribution in [0, 0.1) is 0 Å². The van der Waals surface area contributed by atoms with Crippen LogP contribution in [0.1, 0.15) is 15.9 Å². The van der Waals surface area contributed by atoms with Crippen molar-refractivity contribution in [1.29, 1.82) is 0 Å². The predicted molar refractivity (Wildman–Crippen MR) is 81.9 cm³/mol. The average Bonchev–Trinajstić information content (AvgIpc) is 2.60. The SMILES string of the molecule is O=C(/C=C(\O)c1ccccc1)C(=O)NNC(=O)c1ccncc1. The number of amides is 2. The summed E-state index contributed by atoms with van der Waals surface area (Å²) in [5, 5.41) is 9.76. The number of aliphatic hydroxyl groups is 1. The highest BCUT2D eigenvalue weighted by molar-refractivity contribution is 6.41. The highest BCUT2D eigenvalue weighted by Gasteiger charge is 2.14. The largest absolute Gasteiger partial charge is 0.507 e. The molecule has 3 N–H and O–H groups in total. The molecule has 0 radical (unpaired) electrons. The molecule has 1 aromatic carbocycles. The molecule has 0 bridgehead atoms. The Kier molecular flexibility index (Phi) is 5.19. The van der Waals surface area contributed by atoms with Crippen molar-refractivity contribution in [2.24, 2.45) is 0 Å². The number of hydrazine groups is 1. The minimum Gasteiger partial charge on any atom is -0.507 e. The molecule has 0 saturated heterocycles. The van der Waals surface area contributed by atoms with Crippen molar-refractivity contribution >= 4 is 23.4 Å². The van der Waals surface area contributed by atoms with Crippen molar-refractivity contribution in [3.63, 3.8) is 0 Å².